The van der Waals surface area contributed by atoms with E-state index in [0.717, 1.165) is 24.5 Å². The third-order valence-electron chi connectivity index (χ3n) is 6.60. The molecule has 6 rings (SSSR count). The molecule has 4 aromatic rings. The van der Waals surface area contributed by atoms with Gasteiger partial charge in [-0.25, -0.2) is 13.8 Å². The van der Waals surface area contributed by atoms with Gasteiger partial charge in [0.15, 0.2) is 5.75 Å². The summed E-state index contributed by atoms with van der Waals surface area (Å²) in [4.78, 5) is 17.1. The van der Waals surface area contributed by atoms with E-state index in [0.29, 0.717) is 52.0 Å². The second-order valence-corrected chi connectivity index (χ2v) is 9.18. The third kappa shape index (κ3) is 4.53. The van der Waals surface area contributed by atoms with Gasteiger partial charge in [-0.3, -0.25) is 9.97 Å². The molecular weight excluding hydrogens is 492 g/mol. The van der Waals surface area contributed by atoms with Crippen molar-refractivity contribution in [2.24, 2.45) is 12.0 Å². The van der Waals surface area contributed by atoms with Crippen LogP contribution in [0, 0.1) is 0 Å². The van der Waals surface area contributed by atoms with Gasteiger partial charge in [-0.15, -0.1) is 10.2 Å². The van der Waals surface area contributed by atoms with Crippen LogP contribution in [0.15, 0.2) is 47.6 Å². The molecule has 0 aliphatic carbocycles. The van der Waals surface area contributed by atoms with Crippen LogP contribution >= 0.6 is 0 Å². The Labute approximate surface area is 217 Å². The molecule has 3 aromatic heterocycles. The first-order chi connectivity index (χ1) is 18.5. The standard InChI is InChI=1S/C26H25F2N9O/c1-36-34-26(33-35-36)18-5-3-6-19(24(18)38-2)31-20-12-16(30-21-13-22(25(27)28)32-23(20)21)11-15-7-8-17(14-29-15)37-9-4-10-37/h3,5-8,12,14,25H,4,9-11,13H2,1-2H3,(H,30,31). The van der Waals surface area contributed by atoms with Gasteiger partial charge in [0.05, 0.1) is 54.4 Å². The van der Waals surface area contributed by atoms with Crippen molar-refractivity contribution in [1.29, 1.82) is 0 Å². The number of para-hydroxylation sites is 1. The molecule has 1 aromatic carbocycles. The van der Waals surface area contributed by atoms with Gasteiger partial charge in [0.1, 0.15) is 5.69 Å². The number of halogens is 2. The number of aryl methyl sites for hydroxylation is 1. The number of pyridine rings is 2. The molecular formula is C26H25F2N9O. The lowest BCUT2D eigenvalue weighted by Crippen LogP contribution is -2.36. The van der Waals surface area contributed by atoms with Crippen LogP contribution in [0.4, 0.5) is 31.5 Å². The maximum atomic E-state index is 13.6. The average molecular weight is 518 g/mol. The fourth-order valence-corrected chi connectivity index (χ4v) is 4.60. The molecule has 2 aliphatic rings. The molecule has 0 amide bonds. The molecule has 0 radical (unpaired) electrons. The van der Waals surface area contributed by atoms with E-state index in [-0.39, 0.29) is 12.1 Å². The maximum absolute atomic E-state index is 13.6. The number of hydrogen-bond donors (Lipinski definition) is 1. The van der Waals surface area contributed by atoms with E-state index in [1.54, 1.807) is 14.2 Å². The predicted octanol–water partition coefficient (Wildman–Crippen LogP) is 4.11. The van der Waals surface area contributed by atoms with Gasteiger partial charge in [-0.1, -0.05) is 6.07 Å². The van der Waals surface area contributed by atoms with Crippen LogP contribution in [0.5, 0.6) is 5.75 Å². The van der Waals surface area contributed by atoms with Crippen LogP contribution in [0.25, 0.3) is 11.4 Å². The molecule has 0 spiro atoms. The Morgan fingerprint density at radius 3 is 2.63 bits per heavy atom. The van der Waals surface area contributed by atoms with Gasteiger partial charge in [0, 0.05) is 37.3 Å². The Morgan fingerprint density at radius 1 is 1.11 bits per heavy atom. The number of alkyl halides is 2. The quantitative estimate of drug-likeness (QED) is 0.372. The fourth-order valence-electron chi connectivity index (χ4n) is 4.60. The van der Waals surface area contributed by atoms with Gasteiger partial charge >= 0.3 is 0 Å². The zero-order chi connectivity index (χ0) is 26.2. The first-order valence-corrected chi connectivity index (χ1v) is 12.2. The highest BCUT2D eigenvalue weighted by Gasteiger charge is 2.27. The number of tetrazole rings is 1. The molecule has 2 aliphatic heterocycles. The van der Waals surface area contributed by atoms with Gasteiger partial charge < -0.3 is 15.0 Å². The zero-order valence-electron chi connectivity index (χ0n) is 20.9. The molecule has 5 heterocycles. The van der Waals surface area contributed by atoms with E-state index in [4.69, 9.17) is 4.74 Å². The third-order valence-corrected chi connectivity index (χ3v) is 6.60. The molecule has 12 heteroatoms. The molecule has 38 heavy (non-hydrogen) atoms. The average Bonchev–Trinajstić information content (AvgIpc) is 3.51. The summed E-state index contributed by atoms with van der Waals surface area (Å²) in [6.45, 7) is 2.10. The number of fused-ring (bicyclic) bond motifs is 1. The molecule has 0 bridgehead atoms. The number of nitrogens with one attached hydrogen (secondary N) is 1. The molecule has 0 saturated carbocycles. The van der Waals surface area contributed by atoms with Crippen molar-refractivity contribution in [3.05, 3.63) is 59.7 Å². The number of methoxy groups -OCH3 is 1. The van der Waals surface area contributed by atoms with E-state index in [1.807, 2.05) is 36.5 Å². The summed E-state index contributed by atoms with van der Waals surface area (Å²) in [6, 6.07) is 11.4. The van der Waals surface area contributed by atoms with Crippen LogP contribution in [0.3, 0.4) is 0 Å². The smallest absolute Gasteiger partial charge is 0.277 e. The topological polar surface area (TPSA) is 106 Å². The van der Waals surface area contributed by atoms with Crippen LogP contribution in [0.2, 0.25) is 0 Å². The zero-order valence-corrected chi connectivity index (χ0v) is 20.9. The minimum atomic E-state index is -2.66. The molecule has 0 unspecified atom stereocenters. The van der Waals surface area contributed by atoms with Crippen molar-refractivity contribution >= 4 is 28.5 Å². The lowest BCUT2D eigenvalue weighted by Gasteiger charge is -2.32. The van der Waals surface area contributed by atoms with Crippen molar-refractivity contribution in [2.45, 2.75) is 25.7 Å². The number of aliphatic imine (C=N–C) groups is 1. The summed E-state index contributed by atoms with van der Waals surface area (Å²) < 4.78 is 32.8. The Bertz CT molecular complexity index is 1510. The summed E-state index contributed by atoms with van der Waals surface area (Å²) in [5.74, 6) is 0.895. The molecule has 1 N–H and O–H groups in total. The minimum Gasteiger partial charge on any atom is -0.494 e. The van der Waals surface area contributed by atoms with E-state index in [9.17, 15) is 8.78 Å². The molecule has 1 fully saturated rings. The second kappa shape index (κ2) is 9.77. The number of benzene rings is 1. The first-order valence-electron chi connectivity index (χ1n) is 12.2. The van der Waals surface area contributed by atoms with Crippen molar-refractivity contribution < 1.29 is 13.5 Å². The fraction of sp³-hybridized carbons (Fsp3) is 0.308. The Kier molecular flexibility index (Phi) is 6.14. The number of rotatable bonds is 8. The molecule has 0 atom stereocenters. The summed E-state index contributed by atoms with van der Waals surface area (Å²) in [6.07, 6.45) is 0.861. The van der Waals surface area contributed by atoms with Gasteiger partial charge in [-0.2, -0.15) is 4.80 Å². The maximum Gasteiger partial charge on any atom is 0.277 e. The van der Waals surface area contributed by atoms with Crippen LogP contribution in [-0.4, -0.2) is 62.5 Å². The summed E-state index contributed by atoms with van der Waals surface area (Å²) in [5.41, 5.74) is 5.15. The first kappa shape index (κ1) is 23.9. The SMILES string of the molecule is COc1c(Nc2cc(Cc3ccc(N4CCC4)cn3)nc3c2N=C(C(F)F)C3)cccc1-c1nnn(C)n1. The number of hydrogen-bond acceptors (Lipinski definition) is 9. The molecule has 194 valence electrons. The van der Waals surface area contributed by atoms with Crippen LogP contribution < -0.4 is 15.0 Å². The predicted molar refractivity (Wildman–Crippen MR) is 139 cm³/mol. The summed E-state index contributed by atoms with van der Waals surface area (Å²) in [5, 5.41) is 15.6. The number of aromatic nitrogens is 6. The van der Waals surface area contributed by atoms with E-state index in [1.165, 1.54) is 11.2 Å². The summed E-state index contributed by atoms with van der Waals surface area (Å²) in [7, 11) is 3.23. The number of ether oxygens (including phenoxy) is 1. The van der Waals surface area contributed by atoms with Gasteiger partial charge in [0.25, 0.3) is 6.43 Å². The monoisotopic (exact) mass is 517 g/mol. The molecule has 10 nitrogen and oxygen atoms in total. The largest absolute Gasteiger partial charge is 0.494 e. The van der Waals surface area contributed by atoms with E-state index >= 15 is 0 Å². The Balaban J connectivity index is 1.35. The van der Waals surface area contributed by atoms with Crippen LogP contribution in [0.1, 0.15) is 23.5 Å². The number of anilines is 3. The van der Waals surface area contributed by atoms with Gasteiger partial charge in [-0.05, 0) is 42.0 Å². The molecule has 1 saturated heterocycles. The highest BCUT2D eigenvalue weighted by Crippen LogP contribution is 2.41. The second-order valence-electron chi connectivity index (χ2n) is 9.18. The highest BCUT2D eigenvalue weighted by atomic mass is 19.3. The van der Waals surface area contributed by atoms with Crippen LogP contribution in [-0.2, 0) is 19.9 Å². The number of nitrogens with zero attached hydrogens (tertiary/aromatic N) is 8. The Morgan fingerprint density at radius 2 is 1.97 bits per heavy atom. The van der Waals surface area contributed by atoms with E-state index in [2.05, 4.69) is 46.7 Å². The lowest BCUT2D eigenvalue weighted by atomic mass is 10.1. The summed E-state index contributed by atoms with van der Waals surface area (Å²) >= 11 is 0. The van der Waals surface area contributed by atoms with E-state index < -0.39 is 6.43 Å². The van der Waals surface area contributed by atoms with Crippen molar-refractivity contribution in [2.75, 3.05) is 30.4 Å². The highest BCUT2D eigenvalue weighted by molar-refractivity contribution is 5.98. The lowest BCUT2D eigenvalue weighted by molar-refractivity contribution is 0.224. The minimum absolute atomic E-state index is 0.00243. The van der Waals surface area contributed by atoms with Crippen molar-refractivity contribution in [3.8, 4) is 17.1 Å². The van der Waals surface area contributed by atoms with Crippen molar-refractivity contribution in [3.63, 3.8) is 0 Å². The Hall–Kier alpha value is -4.48. The van der Waals surface area contributed by atoms with Crippen molar-refractivity contribution in [1.82, 2.24) is 30.2 Å². The normalized spacial score (nSPS) is 14.3. The van der Waals surface area contributed by atoms with Gasteiger partial charge in [0.2, 0.25) is 5.82 Å².